The van der Waals surface area contributed by atoms with Crippen molar-refractivity contribution in [2.24, 2.45) is 0 Å². The third-order valence-corrected chi connectivity index (χ3v) is 2.67. The van der Waals surface area contributed by atoms with Gasteiger partial charge in [0.05, 0.1) is 13.2 Å². The molecular formula is C9H15ClN2O2S. The summed E-state index contributed by atoms with van der Waals surface area (Å²) in [6, 6.07) is 0. The summed E-state index contributed by atoms with van der Waals surface area (Å²) in [5.74, 6) is 0. The van der Waals surface area contributed by atoms with Gasteiger partial charge in [-0.2, -0.15) is 0 Å². The number of ether oxygens (including phenoxy) is 2. The number of unbranched alkanes of at least 4 members (excludes halogenated alkanes) is 1. The molecule has 15 heavy (non-hydrogen) atoms. The van der Waals surface area contributed by atoms with Gasteiger partial charge in [-0.3, -0.25) is 0 Å². The zero-order chi connectivity index (χ0) is 10.9. The average molecular weight is 251 g/mol. The lowest BCUT2D eigenvalue weighted by atomic mass is 10.4. The molecule has 0 saturated heterocycles. The van der Waals surface area contributed by atoms with E-state index in [0.29, 0.717) is 24.3 Å². The largest absolute Gasteiger partial charge is 0.379 e. The van der Waals surface area contributed by atoms with E-state index < -0.39 is 0 Å². The molecule has 86 valence electrons. The van der Waals surface area contributed by atoms with Crippen LogP contribution in [0.1, 0.15) is 24.8 Å². The minimum atomic E-state index is 0.452. The molecule has 0 bridgehead atoms. The van der Waals surface area contributed by atoms with Crippen LogP contribution in [0.3, 0.4) is 0 Å². The molecule has 0 N–H and O–H groups in total. The fourth-order valence-electron chi connectivity index (χ4n) is 0.917. The number of nitrogens with zero attached hydrogens (tertiary/aromatic N) is 2. The van der Waals surface area contributed by atoms with Crippen LogP contribution in [-0.2, 0) is 16.1 Å². The Morgan fingerprint density at radius 3 is 2.67 bits per heavy atom. The summed E-state index contributed by atoms with van der Waals surface area (Å²) < 4.78 is 11.1. The predicted octanol–water partition coefficient (Wildman–Crippen LogP) is 2.52. The lowest BCUT2D eigenvalue weighted by Crippen LogP contribution is -2.05. The van der Waals surface area contributed by atoms with Gasteiger partial charge in [-0.05, 0) is 18.0 Å². The maximum absolute atomic E-state index is 5.62. The van der Waals surface area contributed by atoms with Gasteiger partial charge in [0.15, 0.2) is 0 Å². The molecule has 0 radical (unpaired) electrons. The third-order valence-electron chi connectivity index (χ3n) is 1.68. The molecule has 0 aliphatic carbocycles. The molecule has 0 amide bonds. The van der Waals surface area contributed by atoms with Crippen molar-refractivity contribution in [2.75, 3.05) is 19.8 Å². The molecule has 1 aromatic rings. The van der Waals surface area contributed by atoms with Crippen LogP contribution in [-0.4, -0.2) is 30.0 Å². The standard InChI is InChI=1S/C9H15ClN2O2S/c1-2-3-4-13-5-6-14-7-8-11-12-9(10)15-8/h2-7H2,1H3. The minimum Gasteiger partial charge on any atom is -0.379 e. The van der Waals surface area contributed by atoms with E-state index in [4.69, 9.17) is 21.1 Å². The van der Waals surface area contributed by atoms with E-state index in [1.165, 1.54) is 11.3 Å². The van der Waals surface area contributed by atoms with E-state index >= 15 is 0 Å². The van der Waals surface area contributed by atoms with Gasteiger partial charge >= 0.3 is 0 Å². The van der Waals surface area contributed by atoms with Crippen LogP contribution >= 0.6 is 22.9 Å². The van der Waals surface area contributed by atoms with Crippen LogP contribution in [0, 0.1) is 0 Å². The normalized spacial score (nSPS) is 10.8. The summed E-state index contributed by atoms with van der Waals surface area (Å²) in [5.41, 5.74) is 0. The van der Waals surface area contributed by atoms with Crippen molar-refractivity contribution in [1.29, 1.82) is 0 Å². The number of rotatable bonds is 8. The second-order valence-corrected chi connectivity index (χ2v) is 4.61. The van der Waals surface area contributed by atoms with Crippen molar-refractivity contribution in [3.05, 3.63) is 9.47 Å². The Morgan fingerprint density at radius 2 is 2.00 bits per heavy atom. The van der Waals surface area contributed by atoms with Gasteiger partial charge in [-0.25, -0.2) is 0 Å². The second-order valence-electron chi connectivity index (χ2n) is 2.97. The zero-order valence-electron chi connectivity index (χ0n) is 8.74. The fourth-order valence-corrected chi connectivity index (χ4v) is 1.72. The number of hydrogen-bond acceptors (Lipinski definition) is 5. The van der Waals surface area contributed by atoms with Crippen LogP contribution in [0.4, 0.5) is 0 Å². The first-order chi connectivity index (χ1) is 7.33. The van der Waals surface area contributed by atoms with Crippen molar-refractivity contribution in [3.63, 3.8) is 0 Å². The highest BCUT2D eigenvalue weighted by Crippen LogP contribution is 2.15. The van der Waals surface area contributed by atoms with Crippen LogP contribution in [0.2, 0.25) is 4.47 Å². The van der Waals surface area contributed by atoms with E-state index in [2.05, 4.69) is 17.1 Å². The molecule has 0 atom stereocenters. The van der Waals surface area contributed by atoms with Gasteiger partial charge in [0, 0.05) is 6.61 Å². The first-order valence-corrected chi connectivity index (χ1v) is 6.15. The molecular weight excluding hydrogens is 236 g/mol. The van der Waals surface area contributed by atoms with Crippen molar-refractivity contribution < 1.29 is 9.47 Å². The highest BCUT2D eigenvalue weighted by molar-refractivity contribution is 7.15. The topological polar surface area (TPSA) is 44.2 Å². The summed E-state index contributed by atoms with van der Waals surface area (Å²) in [7, 11) is 0. The number of aromatic nitrogens is 2. The average Bonchev–Trinajstić information content (AvgIpc) is 2.63. The molecule has 4 nitrogen and oxygen atoms in total. The minimum absolute atomic E-state index is 0.452. The Kier molecular flexibility index (Phi) is 6.83. The van der Waals surface area contributed by atoms with Crippen molar-refractivity contribution in [3.8, 4) is 0 Å². The Morgan fingerprint density at radius 1 is 1.20 bits per heavy atom. The molecule has 0 unspecified atom stereocenters. The van der Waals surface area contributed by atoms with Crippen LogP contribution in [0.15, 0.2) is 0 Å². The Labute approximate surface area is 98.6 Å². The first-order valence-electron chi connectivity index (χ1n) is 4.96. The Hall–Kier alpha value is -0.230. The zero-order valence-corrected chi connectivity index (χ0v) is 10.3. The van der Waals surface area contributed by atoms with E-state index in [0.717, 1.165) is 24.5 Å². The predicted molar refractivity (Wildman–Crippen MR) is 60.3 cm³/mol. The smallest absolute Gasteiger partial charge is 0.207 e. The van der Waals surface area contributed by atoms with Gasteiger partial charge in [0.1, 0.15) is 11.6 Å². The Bertz CT molecular complexity index is 270. The summed E-state index contributed by atoms with van der Waals surface area (Å²) in [6.45, 7) is 4.62. The van der Waals surface area contributed by atoms with Crippen LogP contribution in [0.25, 0.3) is 0 Å². The Balaban J connectivity index is 1.93. The van der Waals surface area contributed by atoms with Crippen molar-refractivity contribution in [1.82, 2.24) is 10.2 Å². The highest BCUT2D eigenvalue weighted by Gasteiger charge is 2.00. The summed E-state index contributed by atoms with van der Waals surface area (Å²) >= 11 is 6.96. The van der Waals surface area contributed by atoms with E-state index in [-0.39, 0.29) is 0 Å². The molecule has 6 heteroatoms. The summed E-state index contributed by atoms with van der Waals surface area (Å²) in [5, 5.41) is 8.31. The molecule has 0 saturated carbocycles. The van der Waals surface area contributed by atoms with Crippen molar-refractivity contribution in [2.45, 2.75) is 26.4 Å². The first kappa shape index (κ1) is 12.8. The van der Waals surface area contributed by atoms with E-state index in [1.54, 1.807) is 0 Å². The lowest BCUT2D eigenvalue weighted by molar-refractivity contribution is 0.0394. The molecule has 0 aliphatic heterocycles. The maximum atomic E-state index is 5.62. The highest BCUT2D eigenvalue weighted by atomic mass is 35.5. The molecule has 1 aromatic heterocycles. The van der Waals surface area contributed by atoms with Crippen LogP contribution in [0.5, 0.6) is 0 Å². The molecule has 0 aliphatic rings. The molecule has 1 heterocycles. The van der Waals surface area contributed by atoms with Gasteiger partial charge in [0.2, 0.25) is 4.47 Å². The quantitative estimate of drug-likeness (QED) is 0.665. The summed E-state index contributed by atoms with van der Waals surface area (Å²) in [4.78, 5) is 0. The molecule has 1 rings (SSSR count). The van der Waals surface area contributed by atoms with Crippen LogP contribution < -0.4 is 0 Å². The van der Waals surface area contributed by atoms with E-state index in [1.807, 2.05) is 0 Å². The molecule has 0 aromatic carbocycles. The summed E-state index contributed by atoms with van der Waals surface area (Å²) in [6.07, 6.45) is 2.26. The maximum Gasteiger partial charge on any atom is 0.207 e. The fraction of sp³-hybridized carbons (Fsp3) is 0.778. The third kappa shape index (κ3) is 6.04. The van der Waals surface area contributed by atoms with Gasteiger partial charge in [0.25, 0.3) is 0 Å². The SMILES string of the molecule is CCCCOCCOCc1nnc(Cl)s1. The monoisotopic (exact) mass is 250 g/mol. The molecule has 0 fully saturated rings. The van der Waals surface area contributed by atoms with Gasteiger partial charge < -0.3 is 9.47 Å². The second kappa shape index (κ2) is 7.98. The molecule has 0 spiro atoms. The number of halogens is 1. The van der Waals surface area contributed by atoms with Gasteiger partial charge in [-0.1, -0.05) is 24.7 Å². The lowest BCUT2D eigenvalue weighted by Gasteiger charge is -2.03. The number of hydrogen-bond donors (Lipinski definition) is 0. The van der Waals surface area contributed by atoms with Gasteiger partial charge in [-0.15, -0.1) is 10.2 Å². The van der Waals surface area contributed by atoms with Crippen molar-refractivity contribution >= 4 is 22.9 Å². The van der Waals surface area contributed by atoms with E-state index in [9.17, 15) is 0 Å².